The van der Waals surface area contributed by atoms with E-state index in [2.05, 4.69) is 29.8 Å². The largest absolute Gasteiger partial charge is 0.573 e. The molecule has 1 aromatic heterocycles. The van der Waals surface area contributed by atoms with E-state index in [1.807, 2.05) is 13.1 Å². The molecule has 1 atom stereocenters. The highest BCUT2D eigenvalue weighted by Crippen LogP contribution is 2.38. The Hall–Kier alpha value is -4.64. The number of nitrogens with one attached hydrogen (secondary N) is 1. The highest BCUT2D eigenvalue weighted by Gasteiger charge is 2.41. The molecule has 1 N–H and O–H groups in total. The molecular weight excluding hydrogens is 579 g/mol. The van der Waals surface area contributed by atoms with Gasteiger partial charge in [-0.15, -0.1) is 13.2 Å². The maximum atomic E-state index is 13.3. The number of nitriles is 1. The van der Waals surface area contributed by atoms with E-state index in [1.165, 1.54) is 12.3 Å². The maximum Gasteiger partial charge on any atom is 0.573 e. The average molecular weight is 612 g/mol. The zero-order valence-electron chi connectivity index (χ0n) is 24.7. The molecule has 2 aromatic rings. The maximum absolute atomic E-state index is 13.3. The number of carbonyl (C=O) groups is 2. The fourth-order valence-corrected chi connectivity index (χ4v) is 5.20. The number of alkyl halides is 3. The van der Waals surface area contributed by atoms with Crippen molar-refractivity contribution in [1.82, 2.24) is 19.8 Å². The van der Waals surface area contributed by atoms with E-state index in [9.17, 15) is 28.0 Å². The Kier molecular flexibility index (Phi) is 8.26. The molecule has 232 valence electrons. The molecule has 2 amide bonds. The molecule has 14 heteroatoms. The van der Waals surface area contributed by atoms with Crippen LogP contribution in [0.4, 0.5) is 35.3 Å². The number of allylic oxidation sites excluding steroid dienone is 3. The monoisotopic (exact) mass is 611 g/mol. The highest BCUT2D eigenvalue weighted by molar-refractivity contribution is 6.07. The number of carbonyl (C=O) groups excluding carboxylic acids is 2. The Labute approximate surface area is 252 Å². The number of aromatic nitrogens is 2. The van der Waals surface area contributed by atoms with Crippen LogP contribution in [0.2, 0.25) is 0 Å². The molecule has 0 saturated carbocycles. The quantitative estimate of drug-likeness (QED) is 0.502. The Morgan fingerprint density at radius 3 is 2.55 bits per heavy atom. The minimum Gasteiger partial charge on any atom is -0.443 e. The van der Waals surface area contributed by atoms with Crippen LogP contribution in [-0.2, 0) is 9.53 Å². The van der Waals surface area contributed by atoms with Crippen molar-refractivity contribution in [2.45, 2.75) is 39.2 Å². The lowest BCUT2D eigenvalue weighted by Crippen LogP contribution is -2.44. The third kappa shape index (κ3) is 6.94. The van der Waals surface area contributed by atoms with E-state index >= 15 is 0 Å². The third-order valence-corrected chi connectivity index (χ3v) is 7.37. The van der Waals surface area contributed by atoms with Gasteiger partial charge in [0.2, 0.25) is 5.95 Å². The van der Waals surface area contributed by atoms with E-state index in [4.69, 9.17) is 4.74 Å². The van der Waals surface area contributed by atoms with Crippen LogP contribution in [0.1, 0.15) is 38.4 Å². The van der Waals surface area contributed by atoms with Gasteiger partial charge in [-0.05, 0) is 64.1 Å². The van der Waals surface area contributed by atoms with E-state index in [-0.39, 0.29) is 35.4 Å². The van der Waals surface area contributed by atoms with Crippen molar-refractivity contribution in [1.29, 1.82) is 5.26 Å². The molecular formula is C30H32F3N7O4. The zero-order valence-corrected chi connectivity index (χ0v) is 24.7. The van der Waals surface area contributed by atoms with Crippen LogP contribution >= 0.6 is 0 Å². The number of amides is 2. The van der Waals surface area contributed by atoms with Crippen LogP contribution in [0.3, 0.4) is 0 Å². The average Bonchev–Trinajstić information content (AvgIpc) is 3.28. The van der Waals surface area contributed by atoms with Crippen molar-refractivity contribution >= 4 is 34.9 Å². The minimum atomic E-state index is -4.93. The van der Waals surface area contributed by atoms with Crippen LogP contribution in [0.5, 0.6) is 5.75 Å². The Morgan fingerprint density at radius 1 is 1.16 bits per heavy atom. The number of halogens is 3. The van der Waals surface area contributed by atoms with Gasteiger partial charge in [0.1, 0.15) is 11.7 Å². The number of nitrogens with zero attached hydrogens (tertiary/aromatic N) is 6. The second kappa shape index (κ2) is 11.8. The number of rotatable bonds is 5. The minimum absolute atomic E-state index is 0.00979. The van der Waals surface area contributed by atoms with Crippen molar-refractivity contribution in [3.63, 3.8) is 0 Å². The molecule has 1 aromatic carbocycles. The molecule has 1 aliphatic carbocycles. The highest BCUT2D eigenvalue weighted by atomic mass is 19.4. The number of likely N-dealkylation sites (tertiary alicyclic amines) is 1. The second-order valence-electron chi connectivity index (χ2n) is 11.8. The Bertz CT molecular complexity index is 1570. The normalized spacial score (nSPS) is 19.1. The first-order chi connectivity index (χ1) is 20.7. The topological polar surface area (TPSA) is 124 Å². The molecule has 1 unspecified atom stereocenters. The van der Waals surface area contributed by atoms with E-state index < -0.39 is 29.7 Å². The van der Waals surface area contributed by atoms with Crippen LogP contribution < -0.4 is 15.0 Å². The van der Waals surface area contributed by atoms with Gasteiger partial charge in [-0.2, -0.15) is 5.26 Å². The number of imide groups is 1. The molecule has 3 aliphatic rings. The van der Waals surface area contributed by atoms with Gasteiger partial charge in [0.25, 0.3) is 5.91 Å². The van der Waals surface area contributed by atoms with Gasteiger partial charge >= 0.3 is 12.5 Å². The third-order valence-electron chi connectivity index (χ3n) is 7.37. The molecule has 11 nitrogen and oxygen atoms in total. The van der Waals surface area contributed by atoms with Gasteiger partial charge < -0.3 is 24.6 Å². The van der Waals surface area contributed by atoms with Crippen LogP contribution in [0.25, 0.3) is 5.57 Å². The van der Waals surface area contributed by atoms with E-state index in [1.54, 1.807) is 45.1 Å². The SMILES string of the molecule is CN1CCN(c2ccc(OC(F)(F)F)c(Nc3ncc(C#N)c(C4=CCC5CN(C(=O)OC(C)(C)C)C(=O)C5=C4)n3)c2)CC1. The number of piperazine rings is 1. The number of fused-ring (bicyclic) bond motifs is 1. The van der Waals surface area contributed by atoms with Gasteiger partial charge in [0.05, 0.1) is 23.1 Å². The summed E-state index contributed by atoms with van der Waals surface area (Å²) in [5.74, 6) is -1.28. The molecule has 3 heterocycles. The van der Waals surface area contributed by atoms with Gasteiger partial charge in [-0.25, -0.2) is 19.7 Å². The van der Waals surface area contributed by atoms with Crippen LogP contribution in [0.15, 0.2) is 42.1 Å². The first-order valence-corrected chi connectivity index (χ1v) is 14.0. The van der Waals surface area contributed by atoms with Crippen LogP contribution in [0, 0.1) is 17.2 Å². The van der Waals surface area contributed by atoms with Crippen molar-refractivity contribution in [2.24, 2.45) is 5.92 Å². The molecule has 0 bridgehead atoms. The number of likely N-dealkylation sites (N-methyl/N-ethyl adjacent to an activating group) is 1. The van der Waals surface area contributed by atoms with Crippen molar-refractivity contribution in [3.8, 4) is 11.8 Å². The lowest BCUT2D eigenvalue weighted by Gasteiger charge is -2.34. The first-order valence-electron chi connectivity index (χ1n) is 14.0. The predicted octanol–water partition coefficient (Wildman–Crippen LogP) is 4.85. The van der Waals surface area contributed by atoms with Crippen molar-refractivity contribution in [3.05, 3.63) is 53.4 Å². The number of hydrogen-bond acceptors (Lipinski definition) is 10. The summed E-state index contributed by atoms with van der Waals surface area (Å²) in [4.78, 5) is 39.7. The Balaban J connectivity index is 1.44. The number of benzene rings is 1. The van der Waals surface area contributed by atoms with Crippen molar-refractivity contribution < 1.29 is 32.2 Å². The Morgan fingerprint density at radius 2 is 1.89 bits per heavy atom. The second-order valence-corrected chi connectivity index (χ2v) is 11.8. The number of hydrogen-bond donors (Lipinski definition) is 1. The fourth-order valence-electron chi connectivity index (χ4n) is 5.20. The summed E-state index contributed by atoms with van der Waals surface area (Å²) in [5, 5.41) is 12.6. The van der Waals surface area contributed by atoms with E-state index in [0.29, 0.717) is 36.3 Å². The zero-order chi connectivity index (χ0) is 31.8. The first kappa shape index (κ1) is 30.8. The summed E-state index contributed by atoms with van der Waals surface area (Å²) in [6, 6.07) is 6.38. The summed E-state index contributed by atoms with van der Waals surface area (Å²) >= 11 is 0. The smallest absolute Gasteiger partial charge is 0.443 e. The molecule has 2 fully saturated rings. The van der Waals surface area contributed by atoms with Gasteiger partial charge in [-0.3, -0.25) is 4.79 Å². The summed E-state index contributed by atoms with van der Waals surface area (Å²) < 4.78 is 49.4. The molecule has 2 saturated heterocycles. The molecule has 2 aliphatic heterocycles. The van der Waals surface area contributed by atoms with Gasteiger partial charge in [0, 0.05) is 49.9 Å². The van der Waals surface area contributed by atoms with Gasteiger partial charge in [0.15, 0.2) is 5.75 Å². The number of ether oxygens (including phenoxy) is 2. The standard InChI is InChI=1S/C30H32F3N7O4/c1-29(2,3)44-28(42)40-17-19-6-5-18(13-22(19)26(40)41)25-20(15-34)16-35-27(37-25)36-23-14-21(39-11-9-38(4)10-12-39)7-8-24(23)43-30(31,32)33/h5,7-8,13-14,16,19H,6,9-12,17H2,1-4H3,(H,35,36,37). The molecule has 0 radical (unpaired) electrons. The molecule has 44 heavy (non-hydrogen) atoms. The summed E-state index contributed by atoms with van der Waals surface area (Å²) in [6.07, 6.45) is -0.617. The summed E-state index contributed by atoms with van der Waals surface area (Å²) in [6.45, 7) is 8.29. The summed E-state index contributed by atoms with van der Waals surface area (Å²) in [5.41, 5.74) is 1.04. The van der Waals surface area contributed by atoms with E-state index in [0.717, 1.165) is 18.0 Å². The number of anilines is 3. The van der Waals surface area contributed by atoms with Crippen LogP contribution in [-0.4, -0.2) is 83.5 Å². The predicted molar refractivity (Wildman–Crippen MR) is 155 cm³/mol. The lowest BCUT2D eigenvalue weighted by molar-refractivity contribution is -0.274. The van der Waals surface area contributed by atoms with Gasteiger partial charge in [-0.1, -0.05) is 6.08 Å². The molecule has 0 spiro atoms. The fraction of sp³-hybridized carbons (Fsp3) is 0.433. The summed E-state index contributed by atoms with van der Waals surface area (Å²) in [7, 11) is 2.00. The lowest BCUT2D eigenvalue weighted by atomic mass is 9.89. The van der Waals surface area contributed by atoms with Crippen molar-refractivity contribution in [2.75, 3.05) is 50.0 Å². The molecule has 5 rings (SSSR count).